The maximum absolute atomic E-state index is 11.7. The Morgan fingerprint density at radius 1 is 1.47 bits per heavy atom. The Labute approximate surface area is 99.2 Å². The second kappa shape index (κ2) is 5.31. The molecular weight excluding hydrogens is 254 g/mol. The van der Waals surface area contributed by atoms with Crippen molar-refractivity contribution >= 4 is 21.8 Å². The summed E-state index contributed by atoms with van der Waals surface area (Å²) in [5.41, 5.74) is 1.84. The van der Waals surface area contributed by atoms with Gasteiger partial charge in [-0.25, -0.2) is 0 Å². The average molecular weight is 270 g/mol. The predicted octanol–water partition coefficient (Wildman–Crippen LogP) is 3.14. The molecule has 0 aliphatic carbocycles. The fraction of sp³-hybridized carbons (Fsp3) is 0.417. The van der Waals surface area contributed by atoms with Crippen LogP contribution in [0.2, 0.25) is 0 Å². The van der Waals surface area contributed by atoms with E-state index in [1.807, 2.05) is 25.1 Å². The van der Waals surface area contributed by atoms with Crippen molar-refractivity contribution < 1.29 is 4.79 Å². The normalized spacial score (nSPS) is 10.5. The Hall–Kier alpha value is -0.830. The molecule has 1 aromatic rings. The molecule has 1 N–H and O–H groups in total. The summed E-state index contributed by atoms with van der Waals surface area (Å²) in [6, 6.07) is 5.73. The quantitative estimate of drug-likeness (QED) is 0.898. The van der Waals surface area contributed by atoms with Crippen molar-refractivity contribution in [3.63, 3.8) is 0 Å². The first-order chi connectivity index (χ1) is 7.00. The second-order valence-corrected chi connectivity index (χ2v) is 4.94. The lowest BCUT2D eigenvalue weighted by Gasteiger charge is -2.09. The van der Waals surface area contributed by atoms with E-state index >= 15 is 0 Å². The van der Waals surface area contributed by atoms with Gasteiger partial charge in [0.25, 0.3) is 5.91 Å². The van der Waals surface area contributed by atoms with Gasteiger partial charge in [0, 0.05) is 11.0 Å². The van der Waals surface area contributed by atoms with Crippen LogP contribution in [0.15, 0.2) is 22.7 Å². The van der Waals surface area contributed by atoms with Gasteiger partial charge in [-0.2, -0.15) is 0 Å². The van der Waals surface area contributed by atoms with Crippen LogP contribution < -0.4 is 5.32 Å². The van der Waals surface area contributed by atoms with Crippen molar-refractivity contribution in [3.05, 3.63) is 33.8 Å². The molecule has 0 spiro atoms. The largest absolute Gasteiger partial charge is 0.352 e. The zero-order valence-electron chi connectivity index (χ0n) is 9.30. The fourth-order valence-electron chi connectivity index (χ4n) is 1.20. The molecule has 15 heavy (non-hydrogen) atoms. The van der Waals surface area contributed by atoms with E-state index in [1.54, 1.807) is 0 Å². The molecule has 1 amide bonds. The van der Waals surface area contributed by atoms with E-state index in [1.165, 1.54) is 0 Å². The summed E-state index contributed by atoms with van der Waals surface area (Å²) in [5, 5.41) is 2.89. The van der Waals surface area contributed by atoms with Crippen molar-refractivity contribution in [3.8, 4) is 0 Å². The zero-order valence-corrected chi connectivity index (χ0v) is 10.9. The van der Waals surface area contributed by atoms with Gasteiger partial charge < -0.3 is 5.32 Å². The number of benzene rings is 1. The molecule has 82 valence electrons. The molecule has 0 aliphatic heterocycles. The number of halogens is 1. The van der Waals surface area contributed by atoms with Crippen molar-refractivity contribution in [2.45, 2.75) is 20.8 Å². The third kappa shape index (κ3) is 3.67. The number of hydrogen-bond donors (Lipinski definition) is 1. The maximum Gasteiger partial charge on any atom is 0.252 e. The molecule has 0 radical (unpaired) electrons. The summed E-state index contributed by atoms with van der Waals surface area (Å²) < 4.78 is 0.851. The first-order valence-corrected chi connectivity index (χ1v) is 5.84. The Bertz CT molecular complexity index is 361. The molecule has 0 bridgehead atoms. The van der Waals surface area contributed by atoms with Gasteiger partial charge in [0.2, 0.25) is 0 Å². The lowest BCUT2D eigenvalue weighted by molar-refractivity contribution is 0.0948. The van der Waals surface area contributed by atoms with Crippen LogP contribution in [0.5, 0.6) is 0 Å². The highest BCUT2D eigenvalue weighted by molar-refractivity contribution is 9.10. The number of hydrogen-bond acceptors (Lipinski definition) is 1. The molecule has 0 fully saturated rings. The van der Waals surface area contributed by atoms with Gasteiger partial charge in [0.1, 0.15) is 0 Å². The summed E-state index contributed by atoms with van der Waals surface area (Å²) in [5.74, 6) is 0.453. The van der Waals surface area contributed by atoms with E-state index in [0.29, 0.717) is 18.0 Å². The van der Waals surface area contributed by atoms with E-state index in [9.17, 15) is 4.79 Å². The van der Waals surface area contributed by atoms with Crippen molar-refractivity contribution in [2.24, 2.45) is 5.92 Å². The van der Waals surface area contributed by atoms with E-state index in [2.05, 4.69) is 35.1 Å². The molecular formula is C12H16BrNO. The maximum atomic E-state index is 11.7. The van der Waals surface area contributed by atoms with Crippen molar-refractivity contribution in [2.75, 3.05) is 6.54 Å². The van der Waals surface area contributed by atoms with Crippen molar-refractivity contribution in [1.82, 2.24) is 5.32 Å². The van der Waals surface area contributed by atoms with Crippen LogP contribution in [0.1, 0.15) is 29.8 Å². The molecule has 0 saturated heterocycles. The summed E-state index contributed by atoms with van der Waals surface area (Å²) in [7, 11) is 0. The third-order valence-corrected chi connectivity index (χ3v) is 2.70. The summed E-state index contributed by atoms with van der Waals surface area (Å²) in [6.07, 6.45) is 0. The second-order valence-electron chi connectivity index (χ2n) is 4.09. The van der Waals surface area contributed by atoms with Crippen molar-refractivity contribution in [1.29, 1.82) is 0 Å². The van der Waals surface area contributed by atoms with Crippen LogP contribution in [-0.4, -0.2) is 12.5 Å². The summed E-state index contributed by atoms with van der Waals surface area (Å²) in [6.45, 7) is 6.86. The highest BCUT2D eigenvalue weighted by Crippen LogP contribution is 2.18. The Morgan fingerprint density at radius 3 is 2.67 bits per heavy atom. The molecule has 0 saturated carbocycles. The number of carbonyl (C=O) groups is 1. The van der Waals surface area contributed by atoms with Gasteiger partial charge in [0.05, 0.1) is 5.56 Å². The van der Waals surface area contributed by atoms with Crippen LogP contribution in [0.4, 0.5) is 0 Å². The van der Waals surface area contributed by atoms with Gasteiger partial charge >= 0.3 is 0 Å². The molecule has 1 aromatic carbocycles. The Kier molecular flexibility index (Phi) is 4.33. The van der Waals surface area contributed by atoms with Crippen LogP contribution in [0.3, 0.4) is 0 Å². The molecule has 2 nitrogen and oxygen atoms in total. The van der Waals surface area contributed by atoms with Crippen LogP contribution in [0, 0.1) is 12.8 Å². The summed E-state index contributed by atoms with van der Waals surface area (Å²) in [4.78, 5) is 11.7. The highest BCUT2D eigenvalue weighted by atomic mass is 79.9. The Balaban J connectivity index is 2.74. The minimum atomic E-state index is -0.0180. The predicted molar refractivity (Wildman–Crippen MR) is 66.1 cm³/mol. The molecule has 0 atom stereocenters. The average Bonchev–Trinajstić information content (AvgIpc) is 2.14. The first kappa shape index (κ1) is 12.2. The smallest absolute Gasteiger partial charge is 0.252 e. The number of carbonyl (C=O) groups excluding carboxylic acids is 1. The molecule has 0 unspecified atom stereocenters. The Morgan fingerprint density at radius 2 is 2.13 bits per heavy atom. The molecule has 1 rings (SSSR count). The number of nitrogens with one attached hydrogen (secondary N) is 1. The zero-order chi connectivity index (χ0) is 11.4. The van der Waals surface area contributed by atoms with E-state index in [0.717, 1.165) is 10.0 Å². The standard InChI is InChI=1S/C12H16BrNO/c1-8(2)7-14-12(15)10-5-4-9(3)6-11(10)13/h4-6,8H,7H2,1-3H3,(H,14,15). The SMILES string of the molecule is Cc1ccc(C(=O)NCC(C)C)c(Br)c1. The number of rotatable bonds is 3. The monoisotopic (exact) mass is 269 g/mol. The van der Waals surface area contributed by atoms with Crippen LogP contribution in [-0.2, 0) is 0 Å². The fourth-order valence-corrected chi connectivity index (χ4v) is 1.87. The number of aryl methyl sites for hydroxylation is 1. The van der Waals surface area contributed by atoms with Crippen LogP contribution >= 0.6 is 15.9 Å². The van der Waals surface area contributed by atoms with E-state index in [4.69, 9.17) is 0 Å². The molecule has 3 heteroatoms. The number of amides is 1. The van der Waals surface area contributed by atoms with Gasteiger partial charge in [-0.1, -0.05) is 19.9 Å². The topological polar surface area (TPSA) is 29.1 Å². The molecule has 0 aliphatic rings. The molecule has 0 aromatic heterocycles. The van der Waals surface area contributed by atoms with E-state index in [-0.39, 0.29) is 5.91 Å². The van der Waals surface area contributed by atoms with Gasteiger partial charge in [-0.05, 0) is 46.5 Å². The first-order valence-electron chi connectivity index (χ1n) is 5.05. The molecule has 0 heterocycles. The van der Waals surface area contributed by atoms with Gasteiger partial charge in [0.15, 0.2) is 0 Å². The highest BCUT2D eigenvalue weighted by Gasteiger charge is 2.09. The van der Waals surface area contributed by atoms with Gasteiger partial charge in [-0.15, -0.1) is 0 Å². The van der Waals surface area contributed by atoms with Crippen LogP contribution in [0.25, 0.3) is 0 Å². The minimum absolute atomic E-state index is 0.0180. The third-order valence-electron chi connectivity index (χ3n) is 2.04. The lowest BCUT2D eigenvalue weighted by atomic mass is 10.1. The van der Waals surface area contributed by atoms with E-state index < -0.39 is 0 Å². The van der Waals surface area contributed by atoms with Gasteiger partial charge in [-0.3, -0.25) is 4.79 Å². The summed E-state index contributed by atoms with van der Waals surface area (Å²) >= 11 is 3.39. The minimum Gasteiger partial charge on any atom is -0.352 e. The lowest BCUT2D eigenvalue weighted by Crippen LogP contribution is -2.27.